The Bertz CT molecular complexity index is 1020. The first-order valence-corrected chi connectivity index (χ1v) is 11.2. The van der Waals surface area contributed by atoms with Gasteiger partial charge in [0.1, 0.15) is 11.3 Å². The number of ether oxygens (including phenoxy) is 3. The smallest absolute Gasteiger partial charge is 0.409 e. The molecule has 8 heteroatoms. The number of unbranched alkanes of at least 4 members (excludes halogenated alkanes) is 2. The minimum absolute atomic E-state index is 0.00533. The van der Waals surface area contributed by atoms with Crippen LogP contribution in [0.25, 0.3) is 0 Å². The fraction of sp³-hybridized carbons (Fsp3) is 0.346. The third-order valence-electron chi connectivity index (χ3n) is 4.78. The summed E-state index contributed by atoms with van der Waals surface area (Å²) in [7, 11) is 1.45. The second kappa shape index (κ2) is 13.7. The molecule has 2 aromatic carbocycles. The van der Waals surface area contributed by atoms with Gasteiger partial charge in [-0.25, -0.2) is 9.59 Å². The number of allylic oxidation sites excluding steroid dienone is 2. The van der Waals surface area contributed by atoms with Crippen molar-refractivity contribution in [2.24, 2.45) is 11.7 Å². The van der Waals surface area contributed by atoms with Gasteiger partial charge in [-0.3, -0.25) is 4.79 Å². The van der Waals surface area contributed by atoms with Crippen LogP contribution >= 0.6 is 0 Å². The number of hydrogen-bond donors (Lipinski definition) is 2. The molecule has 0 aromatic heterocycles. The lowest BCUT2D eigenvalue weighted by Gasteiger charge is -2.13. The van der Waals surface area contributed by atoms with E-state index in [9.17, 15) is 14.4 Å². The maximum absolute atomic E-state index is 12.6. The maximum atomic E-state index is 12.6. The molecule has 2 amide bonds. The summed E-state index contributed by atoms with van der Waals surface area (Å²) in [5, 5.41) is 2.89. The van der Waals surface area contributed by atoms with Gasteiger partial charge in [0.15, 0.2) is 11.5 Å². The Morgan fingerprint density at radius 2 is 1.76 bits per heavy atom. The lowest BCUT2D eigenvalue weighted by atomic mass is 10.1. The highest BCUT2D eigenvalue weighted by molar-refractivity contribution is 5.95. The Kier molecular flexibility index (Phi) is 10.6. The number of amides is 2. The molecule has 3 N–H and O–H groups in total. The van der Waals surface area contributed by atoms with Crippen molar-refractivity contribution in [3.63, 3.8) is 0 Å². The summed E-state index contributed by atoms with van der Waals surface area (Å²) in [6, 6.07) is 11.1. The highest BCUT2D eigenvalue weighted by Gasteiger charge is 2.18. The van der Waals surface area contributed by atoms with Gasteiger partial charge in [-0.1, -0.05) is 44.2 Å². The van der Waals surface area contributed by atoms with Gasteiger partial charge in [0.05, 0.1) is 7.11 Å². The number of esters is 1. The second-order valence-electron chi connectivity index (χ2n) is 7.99. The lowest BCUT2D eigenvalue weighted by molar-refractivity contribution is -0.121. The molecule has 0 spiro atoms. The van der Waals surface area contributed by atoms with Gasteiger partial charge in [0.25, 0.3) is 0 Å². The average Bonchev–Trinajstić information content (AvgIpc) is 2.80. The Labute approximate surface area is 200 Å². The Morgan fingerprint density at radius 1 is 1.00 bits per heavy atom. The number of primary amides is 1. The molecule has 0 aliphatic heterocycles. The summed E-state index contributed by atoms with van der Waals surface area (Å²) in [5.74, 6) is 0.292. The molecule has 0 saturated carbocycles. The number of hydrogen-bond acceptors (Lipinski definition) is 6. The fourth-order valence-corrected chi connectivity index (χ4v) is 3.10. The van der Waals surface area contributed by atoms with Crippen LogP contribution in [0, 0.1) is 5.92 Å². The number of para-hydroxylation sites is 1. The quantitative estimate of drug-likeness (QED) is 0.201. The highest BCUT2D eigenvalue weighted by Crippen LogP contribution is 2.30. The Balaban J connectivity index is 1.91. The third kappa shape index (κ3) is 8.97. The molecule has 34 heavy (non-hydrogen) atoms. The molecule has 0 aliphatic rings. The van der Waals surface area contributed by atoms with E-state index in [1.165, 1.54) is 19.2 Å². The second-order valence-corrected chi connectivity index (χ2v) is 7.99. The van der Waals surface area contributed by atoms with E-state index < -0.39 is 12.1 Å². The van der Waals surface area contributed by atoms with Gasteiger partial charge < -0.3 is 25.3 Å². The van der Waals surface area contributed by atoms with Crippen LogP contribution in [0.1, 0.15) is 55.5 Å². The topological polar surface area (TPSA) is 117 Å². The van der Waals surface area contributed by atoms with Crippen molar-refractivity contribution in [2.45, 2.75) is 46.1 Å². The molecule has 0 bridgehead atoms. The Morgan fingerprint density at radius 3 is 2.47 bits per heavy atom. The van der Waals surface area contributed by atoms with E-state index >= 15 is 0 Å². The van der Waals surface area contributed by atoms with E-state index in [1.807, 2.05) is 0 Å². The molecule has 0 aliphatic carbocycles. The van der Waals surface area contributed by atoms with Crippen molar-refractivity contribution < 1.29 is 28.6 Å². The number of nitrogens with one attached hydrogen (secondary N) is 1. The third-order valence-corrected chi connectivity index (χ3v) is 4.78. The van der Waals surface area contributed by atoms with Crippen LogP contribution in [0.3, 0.4) is 0 Å². The number of carbonyl (C=O) groups excluding carboxylic acids is 3. The minimum atomic E-state index is -1.04. The van der Waals surface area contributed by atoms with Crippen molar-refractivity contribution >= 4 is 18.0 Å². The summed E-state index contributed by atoms with van der Waals surface area (Å²) in [6.07, 6.45) is 6.53. The van der Waals surface area contributed by atoms with Crippen LogP contribution < -0.4 is 25.3 Å². The van der Waals surface area contributed by atoms with Gasteiger partial charge in [-0.2, -0.15) is 0 Å². The van der Waals surface area contributed by atoms with E-state index in [0.717, 1.165) is 24.8 Å². The van der Waals surface area contributed by atoms with Gasteiger partial charge in [0, 0.05) is 13.0 Å². The summed E-state index contributed by atoms with van der Waals surface area (Å²) in [4.78, 5) is 35.8. The number of benzene rings is 2. The predicted molar refractivity (Wildman–Crippen MR) is 129 cm³/mol. The van der Waals surface area contributed by atoms with Crippen molar-refractivity contribution in [3.05, 3.63) is 65.7 Å². The molecular formula is C26H32N2O6. The number of nitrogens with two attached hydrogens (primary N) is 1. The molecule has 0 radical (unpaired) electrons. The number of methoxy groups -OCH3 is 1. The zero-order valence-electron chi connectivity index (χ0n) is 19.8. The van der Waals surface area contributed by atoms with Crippen LogP contribution in [-0.4, -0.2) is 25.1 Å². The predicted octanol–water partition coefficient (Wildman–Crippen LogP) is 4.76. The van der Waals surface area contributed by atoms with Gasteiger partial charge in [-0.15, -0.1) is 0 Å². The molecule has 2 rings (SSSR count). The zero-order chi connectivity index (χ0) is 24.9. The first-order chi connectivity index (χ1) is 16.3. The maximum Gasteiger partial charge on any atom is 0.409 e. The van der Waals surface area contributed by atoms with Crippen molar-refractivity contribution in [1.29, 1.82) is 0 Å². The number of rotatable bonds is 12. The van der Waals surface area contributed by atoms with Gasteiger partial charge >= 0.3 is 12.1 Å². The minimum Gasteiger partial charge on any atom is -0.493 e. The zero-order valence-corrected chi connectivity index (χ0v) is 19.8. The monoisotopic (exact) mass is 468 g/mol. The molecule has 0 unspecified atom stereocenters. The molecule has 0 atom stereocenters. The summed E-state index contributed by atoms with van der Waals surface area (Å²) < 4.78 is 15.6. The Hall–Kier alpha value is -3.81. The van der Waals surface area contributed by atoms with Crippen molar-refractivity contribution in [1.82, 2.24) is 5.32 Å². The lowest BCUT2D eigenvalue weighted by Crippen LogP contribution is -2.22. The van der Waals surface area contributed by atoms with Gasteiger partial charge in [-0.05, 0) is 55.0 Å². The summed E-state index contributed by atoms with van der Waals surface area (Å²) in [6.45, 7) is 4.60. The van der Waals surface area contributed by atoms with Crippen molar-refractivity contribution in [3.8, 4) is 17.2 Å². The standard InChI is InChI=1S/C26H32N2O6/c1-18(2)10-6-4-5-7-13-24(29)28-17-19-14-15-22(23(16-19)32-3)33-25(30)20-11-8-9-12-21(20)34-26(27)31/h6,8-12,14-16,18H,4-5,7,13,17H2,1-3H3,(H2,27,31)(H,28,29)/b10-6+. The first-order valence-electron chi connectivity index (χ1n) is 11.2. The van der Waals surface area contributed by atoms with Crippen LogP contribution in [0.15, 0.2) is 54.6 Å². The normalized spacial score (nSPS) is 10.8. The van der Waals surface area contributed by atoms with Crippen LogP contribution in [0.2, 0.25) is 0 Å². The average molecular weight is 469 g/mol. The van der Waals surface area contributed by atoms with Crippen molar-refractivity contribution in [2.75, 3.05) is 7.11 Å². The highest BCUT2D eigenvalue weighted by atomic mass is 16.6. The SMILES string of the molecule is COc1cc(CNC(=O)CCCC/C=C/C(C)C)ccc1OC(=O)c1ccccc1OC(N)=O. The van der Waals surface area contributed by atoms with Crippen LogP contribution in [0.4, 0.5) is 4.79 Å². The molecule has 2 aromatic rings. The summed E-state index contributed by atoms with van der Waals surface area (Å²) in [5.41, 5.74) is 5.88. The molecule has 0 heterocycles. The molecule has 0 saturated heterocycles. The van der Waals surface area contributed by atoms with E-state index in [-0.39, 0.29) is 23.0 Å². The number of carbonyl (C=O) groups is 3. The fourth-order valence-electron chi connectivity index (χ4n) is 3.10. The summed E-state index contributed by atoms with van der Waals surface area (Å²) >= 11 is 0. The van der Waals surface area contributed by atoms with E-state index in [1.54, 1.807) is 30.3 Å². The first kappa shape index (κ1) is 26.4. The molecule has 8 nitrogen and oxygen atoms in total. The van der Waals surface area contributed by atoms with Crippen LogP contribution in [-0.2, 0) is 11.3 Å². The van der Waals surface area contributed by atoms with E-state index in [2.05, 4.69) is 31.3 Å². The van der Waals surface area contributed by atoms with Crippen LogP contribution in [0.5, 0.6) is 17.2 Å². The molecule has 0 fully saturated rings. The largest absolute Gasteiger partial charge is 0.493 e. The molecular weight excluding hydrogens is 436 g/mol. The molecule has 182 valence electrons. The van der Waals surface area contributed by atoms with E-state index in [4.69, 9.17) is 19.9 Å². The van der Waals surface area contributed by atoms with Gasteiger partial charge in [0.2, 0.25) is 5.91 Å². The van der Waals surface area contributed by atoms with E-state index in [0.29, 0.717) is 24.6 Å².